The molecule has 0 aliphatic heterocycles. The molecule has 3 aromatic rings. The second-order valence-electron chi connectivity index (χ2n) is 10.3. The average Bonchev–Trinajstić information content (AvgIpc) is 2.96. The van der Waals surface area contributed by atoms with Crippen molar-refractivity contribution in [2.24, 2.45) is 5.92 Å². The molecule has 0 radical (unpaired) electrons. The van der Waals surface area contributed by atoms with E-state index in [4.69, 9.17) is 21.1 Å². The summed E-state index contributed by atoms with van der Waals surface area (Å²) in [5.41, 5.74) is 1.68. The monoisotopic (exact) mass is 615 g/mol. The third-order valence-electron chi connectivity index (χ3n) is 6.59. The number of nitrogens with zero attached hydrogens (tertiary/aromatic N) is 2. The molecule has 1 N–H and O–H groups in total. The first kappa shape index (κ1) is 32.8. The minimum Gasteiger partial charge on any atom is -0.493 e. The molecule has 0 heterocycles. The second-order valence-corrected chi connectivity index (χ2v) is 12.6. The van der Waals surface area contributed by atoms with Crippen LogP contribution in [0.2, 0.25) is 5.02 Å². The SMILES string of the molecule is COc1ccc(N(CC(=O)N(Cc2ccccc2Cl)C(Cc2ccccc2)C(=O)NCC(C)C)S(C)(=O)=O)cc1OC. The largest absolute Gasteiger partial charge is 0.493 e. The van der Waals surface area contributed by atoms with Gasteiger partial charge >= 0.3 is 0 Å². The van der Waals surface area contributed by atoms with Crippen molar-refractivity contribution in [1.29, 1.82) is 0 Å². The van der Waals surface area contributed by atoms with Gasteiger partial charge in [-0.15, -0.1) is 0 Å². The van der Waals surface area contributed by atoms with Crippen LogP contribution in [0, 0.1) is 5.92 Å². The normalized spacial score (nSPS) is 12.0. The van der Waals surface area contributed by atoms with Gasteiger partial charge in [-0.2, -0.15) is 0 Å². The molecule has 42 heavy (non-hydrogen) atoms. The lowest BCUT2D eigenvalue weighted by Gasteiger charge is -2.34. The van der Waals surface area contributed by atoms with Gasteiger partial charge in [0.1, 0.15) is 12.6 Å². The zero-order valence-corrected chi connectivity index (χ0v) is 26.1. The molecule has 0 saturated carbocycles. The number of hydrogen-bond donors (Lipinski definition) is 1. The first-order valence-electron chi connectivity index (χ1n) is 13.5. The van der Waals surface area contributed by atoms with Gasteiger partial charge in [0.05, 0.1) is 26.2 Å². The van der Waals surface area contributed by atoms with Gasteiger partial charge in [0.2, 0.25) is 21.8 Å². The summed E-state index contributed by atoms with van der Waals surface area (Å²) in [7, 11) is -1.03. The molecule has 226 valence electrons. The minimum absolute atomic E-state index is 0.00532. The summed E-state index contributed by atoms with van der Waals surface area (Å²) in [6.45, 7) is 3.81. The van der Waals surface area contributed by atoms with Crippen LogP contribution in [-0.4, -0.2) is 64.7 Å². The Hall–Kier alpha value is -3.76. The number of benzene rings is 3. The van der Waals surface area contributed by atoms with Crippen molar-refractivity contribution in [3.8, 4) is 11.5 Å². The van der Waals surface area contributed by atoms with Crippen LogP contribution in [0.4, 0.5) is 5.69 Å². The van der Waals surface area contributed by atoms with Gasteiger partial charge in [0, 0.05) is 30.6 Å². The summed E-state index contributed by atoms with van der Waals surface area (Å²) < 4.78 is 37.7. The Kier molecular flexibility index (Phi) is 11.6. The number of carbonyl (C=O) groups excluding carboxylic acids is 2. The summed E-state index contributed by atoms with van der Waals surface area (Å²) in [5.74, 6) is -0.0179. The Labute approximate surface area is 253 Å². The van der Waals surface area contributed by atoms with Crippen molar-refractivity contribution in [2.45, 2.75) is 32.9 Å². The highest BCUT2D eigenvalue weighted by atomic mass is 35.5. The van der Waals surface area contributed by atoms with Gasteiger partial charge in [-0.25, -0.2) is 8.42 Å². The van der Waals surface area contributed by atoms with E-state index >= 15 is 0 Å². The third kappa shape index (κ3) is 8.87. The number of rotatable bonds is 14. The van der Waals surface area contributed by atoms with E-state index in [2.05, 4.69) is 5.32 Å². The first-order chi connectivity index (χ1) is 19.9. The third-order valence-corrected chi connectivity index (χ3v) is 8.10. The van der Waals surface area contributed by atoms with Gasteiger partial charge in [-0.1, -0.05) is 74.0 Å². The van der Waals surface area contributed by atoms with E-state index in [1.165, 1.54) is 31.3 Å². The van der Waals surface area contributed by atoms with Gasteiger partial charge in [0.25, 0.3) is 0 Å². The maximum Gasteiger partial charge on any atom is 0.244 e. The summed E-state index contributed by atoms with van der Waals surface area (Å²) in [6, 6.07) is 20.1. The quantitative estimate of drug-likeness (QED) is 0.286. The molecule has 0 aliphatic rings. The summed E-state index contributed by atoms with van der Waals surface area (Å²) in [4.78, 5) is 29.3. The molecule has 1 unspecified atom stereocenters. The maximum absolute atomic E-state index is 14.2. The van der Waals surface area contributed by atoms with Crippen molar-refractivity contribution in [2.75, 3.05) is 37.9 Å². The summed E-state index contributed by atoms with van der Waals surface area (Å²) in [5, 5.41) is 3.38. The van der Waals surface area contributed by atoms with Crippen LogP contribution in [-0.2, 0) is 32.6 Å². The lowest BCUT2D eigenvalue weighted by molar-refractivity contribution is -0.140. The predicted octanol–water partition coefficient (Wildman–Crippen LogP) is 4.54. The van der Waals surface area contributed by atoms with Crippen molar-refractivity contribution in [3.63, 3.8) is 0 Å². The predicted molar refractivity (Wildman–Crippen MR) is 166 cm³/mol. The van der Waals surface area contributed by atoms with Crippen molar-refractivity contribution >= 4 is 39.1 Å². The van der Waals surface area contributed by atoms with Crippen molar-refractivity contribution in [3.05, 3.63) is 88.9 Å². The number of sulfonamides is 1. The molecular formula is C31H38ClN3O6S. The fourth-order valence-electron chi connectivity index (χ4n) is 4.38. The maximum atomic E-state index is 14.2. The Morgan fingerprint density at radius 3 is 2.17 bits per heavy atom. The molecule has 0 aliphatic carbocycles. The number of halogens is 1. The van der Waals surface area contributed by atoms with E-state index in [9.17, 15) is 18.0 Å². The zero-order chi connectivity index (χ0) is 30.9. The number of ether oxygens (including phenoxy) is 2. The number of nitrogens with one attached hydrogen (secondary N) is 1. The average molecular weight is 616 g/mol. The Morgan fingerprint density at radius 1 is 0.929 bits per heavy atom. The molecule has 9 nitrogen and oxygen atoms in total. The van der Waals surface area contributed by atoms with Gasteiger partial charge in [-0.05, 0) is 35.2 Å². The second kappa shape index (κ2) is 14.9. The molecule has 11 heteroatoms. The molecule has 0 fully saturated rings. The van der Waals surface area contributed by atoms with Crippen molar-refractivity contribution < 1.29 is 27.5 Å². The highest BCUT2D eigenvalue weighted by molar-refractivity contribution is 7.92. The number of carbonyl (C=O) groups is 2. The molecule has 0 aromatic heterocycles. The van der Waals surface area contributed by atoms with E-state index in [0.29, 0.717) is 28.6 Å². The molecular weight excluding hydrogens is 578 g/mol. The van der Waals surface area contributed by atoms with Crippen LogP contribution in [0.25, 0.3) is 0 Å². The van der Waals surface area contributed by atoms with E-state index in [1.54, 1.807) is 30.3 Å². The zero-order valence-electron chi connectivity index (χ0n) is 24.5. The topological polar surface area (TPSA) is 105 Å². The van der Waals surface area contributed by atoms with E-state index in [1.807, 2.05) is 44.2 Å². The number of amides is 2. The molecule has 1 atom stereocenters. The Bertz CT molecular complexity index is 1470. The summed E-state index contributed by atoms with van der Waals surface area (Å²) in [6.07, 6.45) is 1.24. The smallest absolute Gasteiger partial charge is 0.244 e. The highest BCUT2D eigenvalue weighted by Crippen LogP contribution is 2.32. The Morgan fingerprint density at radius 2 is 1.57 bits per heavy atom. The number of methoxy groups -OCH3 is 2. The van der Waals surface area contributed by atoms with Gasteiger partial charge in [-0.3, -0.25) is 13.9 Å². The fraction of sp³-hybridized carbons (Fsp3) is 0.355. The van der Waals surface area contributed by atoms with E-state index < -0.39 is 28.5 Å². The molecule has 2 amide bonds. The lowest BCUT2D eigenvalue weighted by Crippen LogP contribution is -2.53. The standard InChI is InChI=1S/C31H38ClN3O6S/c1-22(2)19-33-31(37)27(17-23-11-7-6-8-12-23)34(20-24-13-9-10-14-26(24)32)30(36)21-35(42(5,38)39)25-15-16-28(40-3)29(18-25)41-4/h6-16,18,22,27H,17,19-21H2,1-5H3,(H,33,37). The molecule has 3 rings (SSSR count). The minimum atomic E-state index is -3.94. The first-order valence-corrected chi connectivity index (χ1v) is 15.7. The van der Waals surface area contributed by atoms with Gasteiger partial charge in [0.15, 0.2) is 11.5 Å². The number of anilines is 1. The lowest BCUT2D eigenvalue weighted by atomic mass is 10.0. The summed E-state index contributed by atoms with van der Waals surface area (Å²) >= 11 is 6.49. The molecule has 0 spiro atoms. The van der Waals surface area contributed by atoms with Gasteiger partial charge < -0.3 is 19.7 Å². The van der Waals surface area contributed by atoms with Crippen LogP contribution in [0.1, 0.15) is 25.0 Å². The molecule has 0 bridgehead atoms. The van der Waals surface area contributed by atoms with E-state index in [0.717, 1.165) is 16.1 Å². The highest BCUT2D eigenvalue weighted by Gasteiger charge is 2.33. The van der Waals surface area contributed by atoms with Crippen molar-refractivity contribution in [1.82, 2.24) is 10.2 Å². The molecule has 3 aromatic carbocycles. The number of hydrogen-bond acceptors (Lipinski definition) is 6. The Balaban J connectivity index is 2.08. The van der Waals surface area contributed by atoms with Crippen LogP contribution in [0.3, 0.4) is 0 Å². The van der Waals surface area contributed by atoms with Crippen LogP contribution >= 0.6 is 11.6 Å². The molecule has 0 saturated heterocycles. The van der Waals surface area contributed by atoms with Crippen LogP contribution in [0.15, 0.2) is 72.8 Å². The van der Waals surface area contributed by atoms with E-state index in [-0.39, 0.29) is 30.5 Å². The van der Waals surface area contributed by atoms with Crippen LogP contribution in [0.5, 0.6) is 11.5 Å². The fourth-order valence-corrected chi connectivity index (χ4v) is 5.42. The van der Waals surface area contributed by atoms with Crippen LogP contribution < -0.4 is 19.1 Å².